The van der Waals surface area contributed by atoms with Crippen LogP contribution in [0.15, 0.2) is 41.8 Å². The van der Waals surface area contributed by atoms with Crippen molar-refractivity contribution in [3.8, 4) is 0 Å². The molecule has 3 amide bonds. The first-order valence-corrected chi connectivity index (χ1v) is 8.38. The molecule has 0 aliphatic heterocycles. The summed E-state index contributed by atoms with van der Waals surface area (Å²) in [6, 6.07) is 10.3. The number of nitrogens with one attached hydrogen (secondary N) is 3. The lowest BCUT2D eigenvalue weighted by molar-refractivity contribution is -0.118. The first-order valence-electron chi connectivity index (χ1n) is 7.50. The third-order valence-corrected chi connectivity index (χ3v) is 4.17. The lowest BCUT2D eigenvalue weighted by Crippen LogP contribution is -2.42. The van der Waals surface area contributed by atoms with E-state index < -0.39 is 11.9 Å². The van der Waals surface area contributed by atoms with E-state index in [1.54, 1.807) is 35.6 Å². The molecular formula is C17H19N3O3S. The highest BCUT2D eigenvalue weighted by atomic mass is 32.1. The number of ketones is 1. The average molecular weight is 345 g/mol. The van der Waals surface area contributed by atoms with E-state index in [-0.39, 0.29) is 12.3 Å². The molecule has 1 aromatic heterocycles. The minimum Gasteiger partial charge on any atom is -0.376 e. The van der Waals surface area contributed by atoms with E-state index >= 15 is 0 Å². The molecule has 6 nitrogen and oxygen atoms in total. The maximum absolute atomic E-state index is 11.8. The Balaban J connectivity index is 1.73. The summed E-state index contributed by atoms with van der Waals surface area (Å²) >= 11 is 1.62. The maximum Gasteiger partial charge on any atom is 0.321 e. The number of Topliss-reactive ketones (excluding diaryl/α,β-unsaturated/α-hetero) is 1. The standard InChI is InChI=1S/C17H19N3O3S/c1-12(21)14-6-2-3-7-15(14)19-11-16(22)20-17(23)18-9-8-13-5-4-10-24-13/h2-7,10,19H,8-9,11H2,1H3,(H2,18,20,22,23). The van der Waals surface area contributed by atoms with Crippen LogP contribution in [0.3, 0.4) is 0 Å². The Bertz CT molecular complexity index is 714. The number of carbonyl (C=O) groups is 3. The molecule has 2 aromatic rings. The first kappa shape index (κ1) is 17.7. The summed E-state index contributed by atoms with van der Waals surface area (Å²) in [4.78, 5) is 36.1. The summed E-state index contributed by atoms with van der Waals surface area (Å²) in [6.07, 6.45) is 0.726. The number of rotatable bonds is 7. The van der Waals surface area contributed by atoms with Crippen molar-refractivity contribution in [1.29, 1.82) is 0 Å². The summed E-state index contributed by atoms with van der Waals surface area (Å²) in [6.45, 7) is 1.82. The minimum atomic E-state index is -0.529. The second kappa shape index (κ2) is 8.83. The number of imide groups is 1. The van der Waals surface area contributed by atoms with Gasteiger partial charge in [-0.2, -0.15) is 0 Å². The predicted octanol–water partition coefficient (Wildman–Crippen LogP) is 2.43. The van der Waals surface area contributed by atoms with Gasteiger partial charge in [-0.1, -0.05) is 18.2 Å². The molecule has 0 unspecified atom stereocenters. The molecule has 1 aromatic carbocycles. The summed E-state index contributed by atoms with van der Waals surface area (Å²) in [5.41, 5.74) is 1.07. The molecule has 24 heavy (non-hydrogen) atoms. The smallest absolute Gasteiger partial charge is 0.321 e. The molecule has 0 aliphatic carbocycles. The Labute approximate surface area is 144 Å². The highest BCUT2D eigenvalue weighted by Gasteiger charge is 2.10. The largest absolute Gasteiger partial charge is 0.376 e. The van der Waals surface area contributed by atoms with E-state index in [9.17, 15) is 14.4 Å². The Hall–Kier alpha value is -2.67. The molecule has 7 heteroatoms. The summed E-state index contributed by atoms with van der Waals surface area (Å²) < 4.78 is 0. The van der Waals surface area contributed by atoms with Gasteiger partial charge in [0.2, 0.25) is 5.91 Å². The van der Waals surface area contributed by atoms with E-state index in [1.165, 1.54) is 11.8 Å². The molecule has 0 saturated heterocycles. The van der Waals surface area contributed by atoms with Crippen molar-refractivity contribution in [3.63, 3.8) is 0 Å². The fraction of sp³-hybridized carbons (Fsp3) is 0.235. The predicted molar refractivity (Wildman–Crippen MR) is 94.5 cm³/mol. The van der Waals surface area contributed by atoms with E-state index in [1.807, 2.05) is 17.5 Å². The SMILES string of the molecule is CC(=O)c1ccccc1NCC(=O)NC(=O)NCCc1cccs1. The number of hydrogen-bond acceptors (Lipinski definition) is 5. The van der Waals surface area contributed by atoms with Crippen molar-refractivity contribution in [3.05, 3.63) is 52.2 Å². The van der Waals surface area contributed by atoms with Gasteiger partial charge in [-0.05, 0) is 36.9 Å². The highest BCUT2D eigenvalue weighted by molar-refractivity contribution is 7.09. The normalized spacial score (nSPS) is 10.0. The molecule has 2 rings (SSSR count). The van der Waals surface area contributed by atoms with Gasteiger partial charge in [0.15, 0.2) is 5.78 Å². The number of hydrogen-bond donors (Lipinski definition) is 3. The van der Waals surface area contributed by atoms with Gasteiger partial charge in [0.1, 0.15) is 0 Å². The highest BCUT2D eigenvalue weighted by Crippen LogP contribution is 2.14. The van der Waals surface area contributed by atoms with Crippen LogP contribution in [0.5, 0.6) is 0 Å². The summed E-state index contributed by atoms with van der Waals surface area (Å²) in [7, 11) is 0. The average Bonchev–Trinajstić information content (AvgIpc) is 3.06. The van der Waals surface area contributed by atoms with Gasteiger partial charge in [-0.3, -0.25) is 14.9 Å². The number of anilines is 1. The second-order valence-electron chi connectivity index (χ2n) is 5.09. The van der Waals surface area contributed by atoms with Crippen LogP contribution in [0.2, 0.25) is 0 Å². The molecule has 0 saturated carbocycles. The van der Waals surface area contributed by atoms with E-state index in [0.717, 1.165) is 6.42 Å². The Morgan fingerprint density at radius 1 is 1.08 bits per heavy atom. The van der Waals surface area contributed by atoms with Gasteiger partial charge in [0.25, 0.3) is 0 Å². The Morgan fingerprint density at radius 3 is 2.58 bits per heavy atom. The zero-order valence-electron chi connectivity index (χ0n) is 13.3. The van der Waals surface area contributed by atoms with Crippen molar-refractivity contribution in [2.24, 2.45) is 0 Å². The molecule has 0 spiro atoms. The van der Waals surface area contributed by atoms with Crippen LogP contribution >= 0.6 is 11.3 Å². The molecule has 0 fully saturated rings. The monoisotopic (exact) mass is 345 g/mol. The maximum atomic E-state index is 11.8. The van der Waals surface area contributed by atoms with Crippen molar-refractivity contribution in [1.82, 2.24) is 10.6 Å². The van der Waals surface area contributed by atoms with Crippen molar-refractivity contribution < 1.29 is 14.4 Å². The molecule has 126 valence electrons. The fourth-order valence-electron chi connectivity index (χ4n) is 2.09. The zero-order chi connectivity index (χ0) is 17.4. The van der Waals surface area contributed by atoms with E-state index in [2.05, 4.69) is 16.0 Å². The van der Waals surface area contributed by atoms with Gasteiger partial charge in [0.05, 0.1) is 6.54 Å². The van der Waals surface area contributed by atoms with Crippen LogP contribution in [0.25, 0.3) is 0 Å². The number of carbonyl (C=O) groups excluding carboxylic acids is 3. The van der Waals surface area contributed by atoms with Crippen LogP contribution in [0, 0.1) is 0 Å². The molecular weight excluding hydrogens is 326 g/mol. The quantitative estimate of drug-likeness (QED) is 0.673. The summed E-state index contributed by atoms with van der Waals surface area (Å²) in [5.74, 6) is -0.563. The Kier molecular flexibility index (Phi) is 6.51. The fourth-order valence-corrected chi connectivity index (χ4v) is 2.80. The lowest BCUT2D eigenvalue weighted by Gasteiger charge is -2.10. The summed E-state index contributed by atoms with van der Waals surface area (Å²) in [5, 5.41) is 9.72. The van der Waals surface area contributed by atoms with Crippen molar-refractivity contribution in [2.45, 2.75) is 13.3 Å². The van der Waals surface area contributed by atoms with E-state index in [0.29, 0.717) is 17.8 Å². The van der Waals surface area contributed by atoms with Crippen LogP contribution in [-0.4, -0.2) is 30.8 Å². The second-order valence-corrected chi connectivity index (χ2v) is 6.12. The number of benzene rings is 1. The van der Waals surface area contributed by atoms with Crippen LogP contribution in [-0.2, 0) is 11.2 Å². The topological polar surface area (TPSA) is 87.3 Å². The number of urea groups is 1. The van der Waals surface area contributed by atoms with E-state index in [4.69, 9.17) is 0 Å². The van der Waals surface area contributed by atoms with Crippen molar-refractivity contribution in [2.75, 3.05) is 18.4 Å². The number of amides is 3. The Morgan fingerprint density at radius 2 is 1.88 bits per heavy atom. The first-order chi connectivity index (χ1) is 11.6. The minimum absolute atomic E-state index is 0.0928. The zero-order valence-corrected chi connectivity index (χ0v) is 14.1. The molecule has 1 heterocycles. The van der Waals surface area contributed by atoms with Crippen LogP contribution in [0.4, 0.5) is 10.5 Å². The van der Waals surface area contributed by atoms with Gasteiger partial charge in [0, 0.05) is 22.7 Å². The molecule has 0 bridgehead atoms. The van der Waals surface area contributed by atoms with Crippen LogP contribution < -0.4 is 16.0 Å². The molecule has 0 radical (unpaired) electrons. The van der Waals surface area contributed by atoms with Gasteiger partial charge >= 0.3 is 6.03 Å². The van der Waals surface area contributed by atoms with Crippen molar-refractivity contribution >= 4 is 34.7 Å². The molecule has 0 atom stereocenters. The third kappa shape index (κ3) is 5.51. The van der Waals surface area contributed by atoms with Gasteiger partial charge in [-0.15, -0.1) is 11.3 Å². The van der Waals surface area contributed by atoms with Crippen LogP contribution in [0.1, 0.15) is 22.2 Å². The van der Waals surface area contributed by atoms with Gasteiger partial charge in [-0.25, -0.2) is 4.79 Å². The molecule has 3 N–H and O–H groups in total. The number of para-hydroxylation sites is 1. The third-order valence-electron chi connectivity index (χ3n) is 3.24. The lowest BCUT2D eigenvalue weighted by atomic mass is 10.1. The van der Waals surface area contributed by atoms with Gasteiger partial charge < -0.3 is 10.6 Å². The number of thiophene rings is 1. The molecule has 0 aliphatic rings.